The minimum atomic E-state index is -4.48. The number of nitrogens with zero attached hydrogens (tertiary/aromatic N) is 3. The molecule has 0 radical (unpaired) electrons. The number of rotatable bonds is 7. The van der Waals surface area contributed by atoms with Crippen molar-refractivity contribution < 1.29 is 13.2 Å². The summed E-state index contributed by atoms with van der Waals surface area (Å²) in [5.74, 6) is 0.879. The van der Waals surface area contributed by atoms with Crippen LogP contribution in [0.3, 0.4) is 0 Å². The van der Waals surface area contributed by atoms with Crippen molar-refractivity contribution in [1.82, 2.24) is 20.4 Å². The molecule has 9 heteroatoms. The first-order valence-electron chi connectivity index (χ1n) is 8.43. The second-order valence-corrected chi connectivity index (χ2v) is 7.17. The van der Waals surface area contributed by atoms with Crippen LogP contribution in [0.1, 0.15) is 30.0 Å². The van der Waals surface area contributed by atoms with E-state index >= 15 is 0 Å². The Hall–Kier alpha value is -2.03. The van der Waals surface area contributed by atoms with Gasteiger partial charge in [-0.1, -0.05) is 13.0 Å². The van der Waals surface area contributed by atoms with Crippen LogP contribution < -0.4 is 10.6 Å². The lowest BCUT2D eigenvalue weighted by Gasteiger charge is -2.15. The summed E-state index contributed by atoms with van der Waals surface area (Å²) in [6, 6.07) is 4.12. The van der Waals surface area contributed by atoms with Crippen LogP contribution >= 0.6 is 11.3 Å². The molecule has 2 N–H and O–H groups in total. The Bertz CT molecular complexity index is 707. The number of nitrogens with one attached hydrogen (secondary N) is 2. The fraction of sp³-hybridized carbons (Fsp3) is 0.529. The smallest absolute Gasteiger partial charge is 0.357 e. The molecule has 0 saturated heterocycles. The lowest BCUT2D eigenvalue weighted by Crippen LogP contribution is -2.39. The first-order valence-corrected chi connectivity index (χ1v) is 9.31. The molecule has 0 spiro atoms. The minimum absolute atomic E-state index is 0.0591. The molecular weight excluding hydrogens is 363 g/mol. The average molecular weight is 387 g/mol. The summed E-state index contributed by atoms with van der Waals surface area (Å²) >= 11 is 1.72. The minimum Gasteiger partial charge on any atom is -0.357 e. The van der Waals surface area contributed by atoms with Gasteiger partial charge in [-0.2, -0.15) is 18.3 Å². The summed E-state index contributed by atoms with van der Waals surface area (Å²) in [5, 5.41) is 11.8. The van der Waals surface area contributed by atoms with Gasteiger partial charge in [0.1, 0.15) is 0 Å². The molecule has 0 amide bonds. The topological polar surface area (TPSA) is 54.2 Å². The maximum atomic E-state index is 13.0. The molecular formula is C17H24F3N5S. The fourth-order valence-corrected chi connectivity index (χ4v) is 3.38. The fourth-order valence-electron chi connectivity index (χ4n) is 2.51. The molecule has 0 aliphatic rings. The maximum Gasteiger partial charge on any atom is 0.435 e. The van der Waals surface area contributed by atoms with E-state index in [2.05, 4.69) is 33.7 Å². The van der Waals surface area contributed by atoms with Crippen molar-refractivity contribution in [3.05, 3.63) is 39.8 Å². The third kappa shape index (κ3) is 6.05. The van der Waals surface area contributed by atoms with Gasteiger partial charge < -0.3 is 10.6 Å². The van der Waals surface area contributed by atoms with Crippen LogP contribution in [-0.2, 0) is 26.2 Å². The molecule has 144 valence electrons. The van der Waals surface area contributed by atoms with Crippen molar-refractivity contribution in [2.75, 3.05) is 13.1 Å². The summed E-state index contributed by atoms with van der Waals surface area (Å²) in [5.41, 5.74) is -0.825. The van der Waals surface area contributed by atoms with E-state index in [0.717, 1.165) is 11.1 Å². The van der Waals surface area contributed by atoms with Gasteiger partial charge in [0.15, 0.2) is 11.7 Å². The van der Waals surface area contributed by atoms with Gasteiger partial charge in [-0.3, -0.25) is 4.68 Å². The Morgan fingerprint density at radius 1 is 1.38 bits per heavy atom. The molecule has 1 unspecified atom stereocenters. The highest BCUT2D eigenvalue weighted by molar-refractivity contribution is 7.09. The third-order valence-electron chi connectivity index (χ3n) is 3.67. The van der Waals surface area contributed by atoms with E-state index in [4.69, 9.17) is 0 Å². The number of aryl methyl sites for hydroxylation is 1. The number of aliphatic imine (C=N–C) groups is 1. The Morgan fingerprint density at radius 3 is 2.77 bits per heavy atom. The van der Waals surface area contributed by atoms with E-state index in [1.807, 2.05) is 18.4 Å². The Balaban J connectivity index is 1.98. The highest BCUT2D eigenvalue weighted by Gasteiger charge is 2.36. The van der Waals surface area contributed by atoms with Crippen molar-refractivity contribution >= 4 is 17.3 Å². The number of guanidine groups is 1. The molecule has 1 atom stereocenters. The summed E-state index contributed by atoms with van der Waals surface area (Å²) in [7, 11) is 1.47. The largest absolute Gasteiger partial charge is 0.435 e. The van der Waals surface area contributed by atoms with Gasteiger partial charge in [0.25, 0.3) is 0 Å². The molecule has 2 heterocycles. The van der Waals surface area contributed by atoms with Gasteiger partial charge in [-0.15, -0.1) is 11.3 Å². The summed E-state index contributed by atoms with van der Waals surface area (Å²) in [6.45, 7) is 5.27. The van der Waals surface area contributed by atoms with Crippen molar-refractivity contribution in [2.24, 2.45) is 18.0 Å². The van der Waals surface area contributed by atoms with Crippen LogP contribution in [0.4, 0.5) is 13.2 Å². The number of halogens is 3. The van der Waals surface area contributed by atoms with E-state index in [9.17, 15) is 13.2 Å². The van der Waals surface area contributed by atoms with E-state index in [1.165, 1.54) is 18.1 Å². The zero-order valence-corrected chi connectivity index (χ0v) is 15.9. The van der Waals surface area contributed by atoms with Gasteiger partial charge >= 0.3 is 6.18 Å². The zero-order valence-electron chi connectivity index (χ0n) is 15.1. The molecule has 0 aliphatic carbocycles. The van der Waals surface area contributed by atoms with Crippen molar-refractivity contribution in [1.29, 1.82) is 0 Å². The van der Waals surface area contributed by atoms with Crippen molar-refractivity contribution in [2.45, 2.75) is 33.0 Å². The molecule has 0 saturated carbocycles. The average Bonchev–Trinajstić information content (AvgIpc) is 3.19. The molecule has 0 fully saturated rings. The van der Waals surface area contributed by atoms with Gasteiger partial charge in [-0.25, -0.2) is 4.99 Å². The third-order valence-corrected chi connectivity index (χ3v) is 4.57. The maximum absolute atomic E-state index is 13.0. The Morgan fingerprint density at radius 2 is 2.15 bits per heavy atom. The number of hydrogen-bond donors (Lipinski definition) is 2. The summed E-state index contributed by atoms with van der Waals surface area (Å²) in [6.07, 6.45) is -2.17. The first kappa shape index (κ1) is 20.3. The van der Waals surface area contributed by atoms with Gasteiger partial charge in [0.05, 0.1) is 6.54 Å². The van der Waals surface area contributed by atoms with Gasteiger partial charge in [-0.05, 0) is 30.7 Å². The van der Waals surface area contributed by atoms with Gasteiger partial charge in [0, 0.05) is 36.8 Å². The second-order valence-electron chi connectivity index (χ2n) is 6.14. The molecule has 2 rings (SSSR count). The molecule has 26 heavy (non-hydrogen) atoms. The van der Waals surface area contributed by atoms with Crippen LogP contribution in [0.2, 0.25) is 0 Å². The zero-order chi connectivity index (χ0) is 19.2. The molecule has 0 aliphatic heterocycles. The van der Waals surface area contributed by atoms with E-state index < -0.39 is 11.9 Å². The molecule has 2 aromatic rings. The molecule has 0 bridgehead atoms. The normalized spacial score (nSPS) is 13.7. The lowest BCUT2D eigenvalue weighted by atomic mass is 10.1. The standard InChI is InChI=1S/C17H24F3N5S/c1-4-21-16(22-9-12(2)8-14-6-5-7-26-14)23-10-13-11-25(3)24-15(13)17(18,19)20/h5-7,11-12H,4,8-10H2,1-3H3,(H2,21,22,23). The highest BCUT2D eigenvalue weighted by Crippen LogP contribution is 2.30. The van der Waals surface area contributed by atoms with Crippen molar-refractivity contribution in [3.63, 3.8) is 0 Å². The van der Waals surface area contributed by atoms with Crippen LogP contribution in [0, 0.1) is 5.92 Å². The first-order chi connectivity index (χ1) is 12.3. The van der Waals surface area contributed by atoms with E-state index in [1.54, 1.807) is 11.3 Å². The lowest BCUT2D eigenvalue weighted by molar-refractivity contribution is -0.142. The highest BCUT2D eigenvalue weighted by atomic mass is 32.1. The Kier molecular flexibility index (Phi) is 7.07. The number of hydrogen-bond acceptors (Lipinski definition) is 3. The Labute approximate surface area is 155 Å². The number of aromatic nitrogens is 2. The van der Waals surface area contributed by atoms with Crippen LogP contribution in [0.25, 0.3) is 0 Å². The number of alkyl halides is 3. The quantitative estimate of drug-likeness (QED) is 0.565. The van der Waals surface area contributed by atoms with Crippen LogP contribution in [-0.4, -0.2) is 28.8 Å². The van der Waals surface area contributed by atoms with Crippen LogP contribution in [0.15, 0.2) is 28.7 Å². The van der Waals surface area contributed by atoms with E-state index in [-0.39, 0.29) is 12.1 Å². The van der Waals surface area contributed by atoms with Gasteiger partial charge in [0.2, 0.25) is 0 Å². The predicted molar refractivity (Wildman–Crippen MR) is 98.2 cm³/mol. The monoisotopic (exact) mass is 387 g/mol. The van der Waals surface area contributed by atoms with Crippen molar-refractivity contribution in [3.8, 4) is 0 Å². The van der Waals surface area contributed by atoms with E-state index in [0.29, 0.717) is 25.0 Å². The molecule has 2 aromatic heterocycles. The number of thiophene rings is 1. The predicted octanol–water partition coefficient (Wildman–Crippen LogP) is 3.43. The molecule has 5 nitrogen and oxygen atoms in total. The SMILES string of the molecule is CCNC(=NCc1cn(C)nc1C(F)(F)F)NCC(C)Cc1cccs1. The molecule has 0 aromatic carbocycles. The van der Waals surface area contributed by atoms with Crippen LogP contribution in [0.5, 0.6) is 0 Å². The summed E-state index contributed by atoms with van der Waals surface area (Å²) in [4.78, 5) is 5.60. The summed E-state index contributed by atoms with van der Waals surface area (Å²) < 4.78 is 40.2. The second kappa shape index (κ2) is 9.07.